The standard InChI is InChI=1S/C14H27N5O/c1-11(2)5-4-6-12(3)16-14(20)10-19-9-13(7-8-15)17-18-19/h9,11-12H,4-8,10,15H2,1-3H3,(H,16,20). The second-order valence-corrected chi connectivity index (χ2v) is 5.74. The smallest absolute Gasteiger partial charge is 0.242 e. The van der Waals surface area contributed by atoms with Gasteiger partial charge < -0.3 is 11.1 Å². The lowest BCUT2D eigenvalue weighted by atomic mass is 10.0. The average Bonchev–Trinajstić information content (AvgIpc) is 2.76. The molecule has 1 atom stereocenters. The van der Waals surface area contributed by atoms with Gasteiger partial charge in [-0.25, -0.2) is 4.68 Å². The SMILES string of the molecule is CC(C)CCCC(C)NC(=O)Cn1cc(CCN)nn1. The van der Waals surface area contributed by atoms with E-state index in [9.17, 15) is 4.79 Å². The molecule has 1 heterocycles. The molecule has 0 fully saturated rings. The molecule has 0 saturated carbocycles. The first-order valence-corrected chi connectivity index (χ1v) is 7.39. The molecule has 0 aliphatic carbocycles. The van der Waals surface area contributed by atoms with E-state index in [1.165, 1.54) is 6.42 Å². The molecule has 0 saturated heterocycles. The minimum Gasteiger partial charge on any atom is -0.352 e. The molecule has 6 heteroatoms. The molecule has 0 aliphatic rings. The lowest BCUT2D eigenvalue weighted by Gasteiger charge is -2.14. The highest BCUT2D eigenvalue weighted by Gasteiger charge is 2.09. The summed E-state index contributed by atoms with van der Waals surface area (Å²) in [5, 5.41) is 10.9. The van der Waals surface area contributed by atoms with E-state index in [0.717, 1.165) is 18.5 Å². The van der Waals surface area contributed by atoms with Crippen LogP contribution < -0.4 is 11.1 Å². The van der Waals surface area contributed by atoms with Crippen LogP contribution >= 0.6 is 0 Å². The summed E-state index contributed by atoms with van der Waals surface area (Å²) < 4.78 is 1.56. The molecule has 0 aliphatic heterocycles. The van der Waals surface area contributed by atoms with Gasteiger partial charge in [-0.3, -0.25) is 4.79 Å². The number of hydrogen-bond acceptors (Lipinski definition) is 4. The van der Waals surface area contributed by atoms with Crippen LogP contribution in [0.15, 0.2) is 6.20 Å². The van der Waals surface area contributed by atoms with Crippen molar-refractivity contribution in [1.29, 1.82) is 0 Å². The molecule has 1 aromatic heterocycles. The van der Waals surface area contributed by atoms with Crippen molar-refractivity contribution in [3.05, 3.63) is 11.9 Å². The second kappa shape index (κ2) is 8.68. The summed E-state index contributed by atoms with van der Waals surface area (Å²) in [6.45, 7) is 7.23. The fourth-order valence-corrected chi connectivity index (χ4v) is 2.05. The number of nitrogens with zero attached hydrogens (tertiary/aromatic N) is 3. The molecule has 1 aromatic rings. The van der Waals surface area contributed by atoms with Crippen LogP contribution in [0.2, 0.25) is 0 Å². The number of carbonyl (C=O) groups excluding carboxylic acids is 1. The van der Waals surface area contributed by atoms with Gasteiger partial charge in [0.05, 0.1) is 5.69 Å². The van der Waals surface area contributed by atoms with Crippen molar-refractivity contribution in [3.63, 3.8) is 0 Å². The lowest BCUT2D eigenvalue weighted by molar-refractivity contribution is -0.122. The van der Waals surface area contributed by atoms with Crippen molar-refractivity contribution in [1.82, 2.24) is 20.3 Å². The Hall–Kier alpha value is -1.43. The third-order valence-electron chi connectivity index (χ3n) is 3.12. The molecule has 20 heavy (non-hydrogen) atoms. The fourth-order valence-electron chi connectivity index (χ4n) is 2.05. The van der Waals surface area contributed by atoms with E-state index in [1.807, 2.05) is 6.92 Å². The first kappa shape index (κ1) is 16.6. The Balaban J connectivity index is 2.27. The van der Waals surface area contributed by atoms with Crippen LogP contribution in [-0.4, -0.2) is 33.5 Å². The first-order valence-electron chi connectivity index (χ1n) is 7.39. The summed E-state index contributed by atoms with van der Waals surface area (Å²) in [4.78, 5) is 11.9. The van der Waals surface area contributed by atoms with Gasteiger partial charge in [-0.15, -0.1) is 5.10 Å². The lowest BCUT2D eigenvalue weighted by Crippen LogP contribution is -2.35. The number of rotatable bonds is 9. The minimum atomic E-state index is -0.0220. The maximum Gasteiger partial charge on any atom is 0.242 e. The molecule has 0 radical (unpaired) electrons. The van der Waals surface area contributed by atoms with Crippen LogP contribution in [0.25, 0.3) is 0 Å². The summed E-state index contributed by atoms with van der Waals surface area (Å²) in [6, 6.07) is 0.202. The molecule has 0 aromatic carbocycles. The quantitative estimate of drug-likeness (QED) is 0.710. The highest BCUT2D eigenvalue weighted by atomic mass is 16.2. The van der Waals surface area contributed by atoms with Crippen molar-refractivity contribution in [2.75, 3.05) is 6.54 Å². The highest BCUT2D eigenvalue weighted by molar-refractivity contribution is 5.75. The number of aromatic nitrogens is 3. The van der Waals surface area contributed by atoms with E-state index in [-0.39, 0.29) is 18.5 Å². The van der Waals surface area contributed by atoms with Gasteiger partial charge in [0, 0.05) is 18.7 Å². The van der Waals surface area contributed by atoms with Gasteiger partial charge in [0.2, 0.25) is 5.91 Å². The first-order chi connectivity index (χ1) is 9.51. The van der Waals surface area contributed by atoms with Crippen molar-refractivity contribution >= 4 is 5.91 Å². The molecule has 6 nitrogen and oxygen atoms in total. The molecule has 0 spiro atoms. The number of hydrogen-bond donors (Lipinski definition) is 2. The maximum atomic E-state index is 11.9. The van der Waals surface area contributed by atoms with Crippen molar-refractivity contribution in [2.45, 2.75) is 59.0 Å². The predicted molar refractivity (Wildman–Crippen MR) is 79.1 cm³/mol. The zero-order chi connectivity index (χ0) is 15.0. The molecule has 0 bridgehead atoms. The zero-order valence-electron chi connectivity index (χ0n) is 12.8. The topological polar surface area (TPSA) is 85.8 Å². The highest BCUT2D eigenvalue weighted by Crippen LogP contribution is 2.08. The minimum absolute atomic E-state index is 0.0220. The van der Waals surface area contributed by atoms with Gasteiger partial charge in [0.25, 0.3) is 0 Å². The van der Waals surface area contributed by atoms with Crippen molar-refractivity contribution in [3.8, 4) is 0 Å². The third-order valence-corrected chi connectivity index (χ3v) is 3.12. The average molecular weight is 281 g/mol. The molecular weight excluding hydrogens is 254 g/mol. The summed E-state index contributed by atoms with van der Waals surface area (Å²) in [6.07, 6.45) is 5.82. The largest absolute Gasteiger partial charge is 0.352 e. The van der Waals surface area contributed by atoms with Crippen LogP contribution in [0.3, 0.4) is 0 Å². The monoisotopic (exact) mass is 281 g/mol. The normalized spacial score (nSPS) is 12.7. The van der Waals surface area contributed by atoms with Crippen molar-refractivity contribution in [2.24, 2.45) is 11.7 Å². The summed E-state index contributed by atoms with van der Waals surface area (Å²) in [7, 11) is 0. The molecule has 1 unspecified atom stereocenters. The fraction of sp³-hybridized carbons (Fsp3) is 0.786. The van der Waals surface area contributed by atoms with Crippen LogP contribution in [0, 0.1) is 5.92 Å². The molecule has 114 valence electrons. The third kappa shape index (κ3) is 6.65. The molecule has 1 amide bonds. The summed E-state index contributed by atoms with van der Waals surface area (Å²) in [5.74, 6) is 0.695. The molecular formula is C14H27N5O. The Kier molecular flexibility index (Phi) is 7.22. The van der Waals surface area contributed by atoms with E-state index in [2.05, 4.69) is 29.5 Å². The van der Waals surface area contributed by atoms with Gasteiger partial charge >= 0.3 is 0 Å². The number of nitrogens with one attached hydrogen (secondary N) is 1. The zero-order valence-corrected chi connectivity index (χ0v) is 12.8. The summed E-state index contributed by atoms with van der Waals surface area (Å²) in [5.41, 5.74) is 6.27. The van der Waals surface area contributed by atoms with Gasteiger partial charge in [0.15, 0.2) is 0 Å². The second-order valence-electron chi connectivity index (χ2n) is 5.74. The Morgan fingerprint density at radius 1 is 1.40 bits per heavy atom. The predicted octanol–water partition coefficient (Wildman–Crippen LogP) is 1.11. The van der Waals surface area contributed by atoms with Crippen LogP contribution in [0.4, 0.5) is 0 Å². The van der Waals surface area contributed by atoms with Crippen LogP contribution in [0.5, 0.6) is 0 Å². The Morgan fingerprint density at radius 2 is 2.15 bits per heavy atom. The van der Waals surface area contributed by atoms with Gasteiger partial charge in [-0.1, -0.05) is 31.9 Å². The molecule has 1 rings (SSSR count). The maximum absolute atomic E-state index is 11.9. The van der Waals surface area contributed by atoms with E-state index in [0.29, 0.717) is 18.9 Å². The van der Waals surface area contributed by atoms with E-state index in [1.54, 1.807) is 10.9 Å². The van der Waals surface area contributed by atoms with E-state index in [4.69, 9.17) is 5.73 Å². The van der Waals surface area contributed by atoms with Crippen molar-refractivity contribution < 1.29 is 4.79 Å². The Morgan fingerprint density at radius 3 is 2.80 bits per heavy atom. The number of carbonyl (C=O) groups is 1. The summed E-state index contributed by atoms with van der Waals surface area (Å²) >= 11 is 0. The van der Waals surface area contributed by atoms with Crippen LogP contribution in [0.1, 0.15) is 45.7 Å². The Bertz CT molecular complexity index is 402. The molecule has 3 N–H and O–H groups in total. The van der Waals surface area contributed by atoms with Crippen LogP contribution in [-0.2, 0) is 17.8 Å². The van der Waals surface area contributed by atoms with Gasteiger partial charge in [-0.05, 0) is 25.8 Å². The number of nitrogens with two attached hydrogens (primary N) is 1. The Labute approximate surface area is 121 Å². The van der Waals surface area contributed by atoms with Gasteiger partial charge in [0.1, 0.15) is 6.54 Å². The number of amides is 1. The van der Waals surface area contributed by atoms with Gasteiger partial charge in [-0.2, -0.15) is 0 Å². The van der Waals surface area contributed by atoms with E-state index >= 15 is 0 Å². The van der Waals surface area contributed by atoms with E-state index < -0.39 is 0 Å².